The van der Waals surface area contributed by atoms with Crippen molar-refractivity contribution in [1.29, 1.82) is 0 Å². The Labute approximate surface area is 129 Å². The molecular weight excluding hydrogens is 282 g/mol. The van der Waals surface area contributed by atoms with Crippen molar-refractivity contribution in [3.8, 4) is 0 Å². The van der Waals surface area contributed by atoms with E-state index in [9.17, 15) is 14.7 Å². The van der Waals surface area contributed by atoms with Crippen LogP contribution in [0.5, 0.6) is 0 Å². The van der Waals surface area contributed by atoms with Crippen molar-refractivity contribution < 1.29 is 19.4 Å². The van der Waals surface area contributed by atoms with Gasteiger partial charge in [-0.15, -0.1) is 0 Å². The van der Waals surface area contributed by atoms with E-state index in [0.29, 0.717) is 19.4 Å². The molecule has 1 amide bonds. The van der Waals surface area contributed by atoms with Gasteiger partial charge in [-0.25, -0.2) is 4.79 Å². The molecule has 118 valence electrons. The molecule has 1 aromatic carbocycles. The van der Waals surface area contributed by atoms with Crippen LogP contribution in [-0.2, 0) is 16.1 Å². The van der Waals surface area contributed by atoms with Gasteiger partial charge in [0.1, 0.15) is 6.61 Å². The van der Waals surface area contributed by atoms with E-state index in [1.165, 1.54) is 0 Å². The third-order valence-electron chi connectivity index (χ3n) is 5.03. The van der Waals surface area contributed by atoms with Crippen LogP contribution in [0.25, 0.3) is 0 Å². The third kappa shape index (κ3) is 2.56. The number of carbonyl (C=O) groups excluding carboxylic acids is 1. The molecule has 2 aliphatic rings. The summed E-state index contributed by atoms with van der Waals surface area (Å²) in [5.41, 5.74) is 0.174. The molecule has 0 bridgehead atoms. The van der Waals surface area contributed by atoms with E-state index >= 15 is 0 Å². The van der Waals surface area contributed by atoms with Crippen LogP contribution in [0.15, 0.2) is 30.3 Å². The Morgan fingerprint density at radius 1 is 1.23 bits per heavy atom. The van der Waals surface area contributed by atoms with Gasteiger partial charge in [0, 0.05) is 6.54 Å². The molecule has 2 atom stereocenters. The average molecular weight is 303 g/mol. The number of hydrogen-bond acceptors (Lipinski definition) is 3. The molecule has 3 rings (SSSR count). The number of carboxylic acid groups (broad SMARTS) is 1. The lowest BCUT2D eigenvalue weighted by molar-refractivity contribution is -0.152. The van der Waals surface area contributed by atoms with E-state index in [1.54, 1.807) is 4.90 Å². The number of rotatable bonds is 3. The van der Waals surface area contributed by atoms with Crippen molar-refractivity contribution in [2.24, 2.45) is 5.41 Å². The van der Waals surface area contributed by atoms with E-state index < -0.39 is 11.4 Å². The van der Waals surface area contributed by atoms with Gasteiger partial charge in [0.05, 0.1) is 11.5 Å². The summed E-state index contributed by atoms with van der Waals surface area (Å²) in [5.74, 6) is -0.768. The van der Waals surface area contributed by atoms with Crippen molar-refractivity contribution in [3.63, 3.8) is 0 Å². The number of amides is 1. The quantitative estimate of drug-likeness (QED) is 0.932. The number of aliphatic carboxylic acids is 1. The topological polar surface area (TPSA) is 66.8 Å². The van der Waals surface area contributed by atoms with E-state index in [2.05, 4.69) is 0 Å². The molecule has 22 heavy (non-hydrogen) atoms. The van der Waals surface area contributed by atoms with Gasteiger partial charge in [0.2, 0.25) is 0 Å². The minimum atomic E-state index is -0.768. The predicted octanol–water partition coefficient (Wildman–Crippen LogP) is 3.04. The number of ether oxygens (including phenoxy) is 1. The Balaban J connectivity index is 1.67. The molecule has 1 saturated carbocycles. The molecule has 2 fully saturated rings. The van der Waals surface area contributed by atoms with Crippen molar-refractivity contribution in [2.45, 2.75) is 44.8 Å². The van der Waals surface area contributed by atoms with Gasteiger partial charge < -0.3 is 14.7 Å². The lowest BCUT2D eigenvalue weighted by atomic mass is 9.70. The lowest BCUT2D eigenvalue weighted by Crippen LogP contribution is -2.48. The normalized spacial score (nSPS) is 27.3. The number of hydrogen-bond donors (Lipinski definition) is 1. The summed E-state index contributed by atoms with van der Waals surface area (Å²) < 4.78 is 5.38. The van der Waals surface area contributed by atoms with E-state index in [0.717, 1.165) is 24.8 Å². The predicted molar refractivity (Wildman–Crippen MR) is 80.3 cm³/mol. The highest BCUT2D eigenvalue weighted by atomic mass is 16.6. The molecule has 1 N–H and O–H groups in total. The monoisotopic (exact) mass is 303 g/mol. The third-order valence-corrected chi connectivity index (χ3v) is 5.03. The fourth-order valence-electron chi connectivity index (χ4n) is 3.82. The highest BCUT2D eigenvalue weighted by Gasteiger charge is 2.55. The Hall–Kier alpha value is -2.04. The molecule has 0 unspecified atom stereocenters. The van der Waals surface area contributed by atoms with Crippen LogP contribution in [0.2, 0.25) is 0 Å². The van der Waals surface area contributed by atoms with Gasteiger partial charge in [-0.1, -0.05) is 43.2 Å². The number of fused-ring (bicyclic) bond motifs is 1. The number of carboxylic acids is 1. The maximum atomic E-state index is 12.3. The van der Waals surface area contributed by atoms with Gasteiger partial charge in [-0.05, 0) is 24.8 Å². The molecule has 0 radical (unpaired) electrons. The van der Waals surface area contributed by atoms with Crippen molar-refractivity contribution in [1.82, 2.24) is 4.90 Å². The van der Waals surface area contributed by atoms with Crippen LogP contribution in [-0.4, -0.2) is 34.7 Å². The first-order valence-electron chi connectivity index (χ1n) is 7.84. The number of benzene rings is 1. The summed E-state index contributed by atoms with van der Waals surface area (Å²) >= 11 is 0. The molecule has 5 heteroatoms. The van der Waals surface area contributed by atoms with E-state index in [4.69, 9.17) is 4.74 Å². The molecule has 1 aromatic rings. The van der Waals surface area contributed by atoms with Crippen LogP contribution >= 0.6 is 0 Å². The molecule has 1 aliphatic heterocycles. The molecule has 1 aliphatic carbocycles. The first kappa shape index (κ1) is 14.9. The van der Waals surface area contributed by atoms with Crippen molar-refractivity contribution in [3.05, 3.63) is 35.9 Å². The molecule has 1 saturated heterocycles. The van der Waals surface area contributed by atoms with Crippen LogP contribution in [0.4, 0.5) is 4.79 Å². The molecule has 1 heterocycles. The van der Waals surface area contributed by atoms with Crippen molar-refractivity contribution >= 4 is 12.1 Å². The van der Waals surface area contributed by atoms with Gasteiger partial charge in [-0.2, -0.15) is 0 Å². The fourth-order valence-corrected chi connectivity index (χ4v) is 3.82. The highest BCUT2D eigenvalue weighted by molar-refractivity contribution is 5.79. The Bertz CT molecular complexity index is 559. The first-order valence-corrected chi connectivity index (χ1v) is 7.84. The highest BCUT2D eigenvalue weighted by Crippen LogP contribution is 2.47. The Morgan fingerprint density at radius 3 is 2.73 bits per heavy atom. The molecule has 0 spiro atoms. The standard InChI is InChI=1S/C17H21NO4/c19-15(20)17-9-5-4-8-14(17)18(11-10-17)16(21)22-12-13-6-2-1-3-7-13/h1-3,6-7,14H,4-5,8-12H2,(H,19,20)/t14-,17+/m0/s1. The smallest absolute Gasteiger partial charge is 0.410 e. The fraction of sp³-hybridized carbons (Fsp3) is 0.529. The van der Waals surface area contributed by atoms with Gasteiger partial charge >= 0.3 is 12.1 Å². The van der Waals surface area contributed by atoms with Crippen LogP contribution in [0, 0.1) is 5.41 Å². The van der Waals surface area contributed by atoms with Crippen LogP contribution in [0.3, 0.4) is 0 Å². The second kappa shape index (κ2) is 5.99. The first-order chi connectivity index (χ1) is 10.6. The van der Waals surface area contributed by atoms with Crippen LogP contribution in [0.1, 0.15) is 37.7 Å². The number of likely N-dealkylation sites (tertiary alicyclic amines) is 1. The molecule has 5 nitrogen and oxygen atoms in total. The van der Waals surface area contributed by atoms with E-state index in [1.807, 2.05) is 30.3 Å². The zero-order valence-corrected chi connectivity index (χ0v) is 12.5. The van der Waals surface area contributed by atoms with Gasteiger partial charge in [-0.3, -0.25) is 4.79 Å². The summed E-state index contributed by atoms with van der Waals surface area (Å²) in [6, 6.07) is 9.29. The SMILES string of the molecule is O=C(OCc1ccccc1)N1CC[C@]2(C(=O)O)CCCC[C@H]12. The average Bonchev–Trinajstić information content (AvgIpc) is 2.95. The maximum Gasteiger partial charge on any atom is 0.410 e. The maximum absolute atomic E-state index is 12.3. The summed E-state index contributed by atoms with van der Waals surface area (Å²) in [5, 5.41) is 9.63. The lowest BCUT2D eigenvalue weighted by Gasteiger charge is -2.38. The van der Waals surface area contributed by atoms with E-state index in [-0.39, 0.29) is 18.7 Å². The number of carbonyl (C=O) groups is 2. The minimum absolute atomic E-state index is 0.220. The minimum Gasteiger partial charge on any atom is -0.481 e. The van der Waals surface area contributed by atoms with Crippen LogP contribution < -0.4 is 0 Å². The zero-order chi connectivity index (χ0) is 15.6. The largest absolute Gasteiger partial charge is 0.481 e. The summed E-state index contributed by atoms with van der Waals surface area (Å²) in [6.45, 7) is 0.702. The van der Waals surface area contributed by atoms with Crippen molar-refractivity contribution in [2.75, 3.05) is 6.54 Å². The Kier molecular flexibility index (Phi) is 4.05. The zero-order valence-electron chi connectivity index (χ0n) is 12.5. The van der Waals surface area contributed by atoms with Gasteiger partial charge in [0.25, 0.3) is 0 Å². The summed E-state index contributed by atoms with van der Waals surface area (Å²) in [4.78, 5) is 25.7. The summed E-state index contributed by atoms with van der Waals surface area (Å²) in [6.07, 6.45) is 3.46. The second-order valence-electron chi connectivity index (χ2n) is 6.21. The number of nitrogens with zero attached hydrogens (tertiary/aromatic N) is 1. The Morgan fingerprint density at radius 2 is 2.00 bits per heavy atom. The summed E-state index contributed by atoms with van der Waals surface area (Å²) in [7, 11) is 0. The molecule has 0 aromatic heterocycles. The van der Waals surface area contributed by atoms with Gasteiger partial charge in [0.15, 0.2) is 0 Å². The second-order valence-corrected chi connectivity index (χ2v) is 6.21. The molecular formula is C17H21NO4.